The first kappa shape index (κ1) is 14.4. The Morgan fingerprint density at radius 3 is 2.90 bits per heavy atom. The van der Waals surface area contributed by atoms with Gasteiger partial charge in [0.1, 0.15) is 5.82 Å². The van der Waals surface area contributed by atoms with Crippen molar-refractivity contribution in [3.8, 4) is 0 Å². The summed E-state index contributed by atoms with van der Waals surface area (Å²) in [5.41, 5.74) is 1.99. The molecule has 0 aliphatic carbocycles. The molecule has 0 bridgehead atoms. The molecule has 0 spiro atoms. The second kappa shape index (κ2) is 5.00. The lowest BCUT2D eigenvalue weighted by Gasteiger charge is -2.32. The SMILES string of the molecule is CC(Cl)c1nc2ccc(Br)cc2n1C1(C)CCOC1C. The van der Waals surface area contributed by atoms with Gasteiger partial charge in [0.15, 0.2) is 0 Å². The van der Waals surface area contributed by atoms with Crippen LogP contribution < -0.4 is 0 Å². The van der Waals surface area contributed by atoms with Gasteiger partial charge in [0.25, 0.3) is 0 Å². The average Bonchev–Trinajstić information content (AvgIpc) is 2.91. The van der Waals surface area contributed by atoms with E-state index in [0.717, 1.165) is 34.4 Å². The minimum Gasteiger partial charge on any atom is -0.376 e. The zero-order valence-electron chi connectivity index (χ0n) is 11.9. The molecule has 5 heteroatoms. The molecule has 2 heterocycles. The summed E-state index contributed by atoms with van der Waals surface area (Å²) in [6.07, 6.45) is 1.12. The molecule has 1 saturated heterocycles. The van der Waals surface area contributed by atoms with Gasteiger partial charge in [-0.3, -0.25) is 0 Å². The molecule has 1 aliphatic heterocycles. The number of hydrogen-bond donors (Lipinski definition) is 0. The first-order chi connectivity index (χ1) is 9.43. The topological polar surface area (TPSA) is 27.1 Å². The monoisotopic (exact) mass is 356 g/mol. The minimum absolute atomic E-state index is 0.103. The number of hydrogen-bond acceptors (Lipinski definition) is 2. The van der Waals surface area contributed by atoms with Crippen LogP contribution in [0.4, 0.5) is 0 Å². The standard InChI is InChI=1S/C15H18BrClN2O/c1-9(17)14-18-12-5-4-11(16)8-13(12)19(14)15(3)6-7-20-10(15)2/h4-5,8-10H,6-7H2,1-3H3. The summed E-state index contributed by atoms with van der Waals surface area (Å²) in [6.45, 7) is 7.11. The van der Waals surface area contributed by atoms with E-state index >= 15 is 0 Å². The fourth-order valence-corrected chi connectivity index (χ4v) is 3.48. The molecule has 1 fully saturated rings. The van der Waals surface area contributed by atoms with Gasteiger partial charge in [0.05, 0.1) is 28.1 Å². The van der Waals surface area contributed by atoms with Crippen LogP contribution in [0.25, 0.3) is 11.0 Å². The lowest BCUT2D eigenvalue weighted by molar-refractivity contribution is 0.0763. The third kappa shape index (κ3) is 2.09. The zero-order valence-corrected chi connectivity index (χ0v) is 14.2. The number of rotatable bonds is 2. The summed E-state index contributed by atoms with van der Waals surface area (Å²) >= 11 is 9.92. The van der Waals surface area contributed by atoms with E-state index in [-0.39, 0.29) is 17.0 Å². The largest absolute Gasteiger partial charge is 0.376 e. The Labute approximate surface area is 132 Å². The van der Waals surface area contributed by atoms with Crippen LogP contribution in [0.3, 0.4) is 0 Å². The highest BCUT2D eigenvalue weighted by molar-refractivity contribution is 9.10. The molecule has 0 N–H and O–H groups in total. The molecule has 3 unspecified atom stereocenters. The van der Waals surface area contributed by atoms with Crippen LogP contribution in [0.2, 0.25) is 0 Å². The second-order valence-corrected chi connectivity index (χ2v) is 7.24. The van der Waals surface area contributed by atoms with E-state index in [9.17, 15) is 0 Å². The molecule has 3 rings (SSSR count). The van der Waals surface area contributed by atoms with Crippen molar-refractivity contribution in [2.24, 2.45) is 0 Å². The highest BCUT2D eigenvalue weighted by atomic mass is 79.9. The van der Waals surface area contributed by atoms with Gasteiger partial charge in [-0.2, -0.15) is 0 Å². The summed E-state index contributed by atoms with van der Waals surface area (Å²) in [4.78, 5) is 4.73. The summed E-state index contributed by atoms with van der Waals surface area (Å²) < 4.78 is 9.13. The Balaban J connectivity index is 2.31. The Kier molecular flexibility index (Phi) is 3.59. The molecule has 0 saturated carbocycles. The summed E-state index contributed by atoms with van der Waals surface area (Å²) in [7, 11) is 0. The Hall–Kier alpha value is -0.580. The maximum atomic E-state index is 6.37. The third-order valence-electron chi connectivity index (χ3n) is 4.36. The highest BCUT2D eigenvalue weighted by Gasteiger charge is 2.41. The van der Waals surface area contributed by atoms with Gasteiger partial charge in [-0.1, -0.05) is 15.9 Å². The number of halogens is 2. The number of aromatic nitrogens is 2. The van der Waals surface area contributed by atoms with Gasteiger partial charge in [0, 0.05) is 11.1 Å². The molecule has 0 radical (unpaired) electrons. The molecule has 1 aromatic heterocycles. The van der Waals surface area contributed by atoms with Gasteiger partial charge in [0.2, 0.25) is 0 Å². The number of imidazole rings is 1. The van der Waals surface area contributed by atoms with E-state index in [1.165, 1.54) is 0 Å². The molecule has 20 heavy (non-hydrogen) atoms. The van der Waals surface area contributed by atoms with Gasteiger partial charge < -0.3 is 9.30 Å². The van der Waals surface area contributed by atoms with Gasteiger partial charge in [-0.05, 0) is 45.4 Å². The maximum Gasteiger partial charge on any atom is 0.128 e. The number of benzene rings is 1. The molecular formula is C15H18BrClN2O. The van der Waals surface area contributed by atoms with Crippen molar-refractivity contribution in [1.29, 1.82) is 0 Å². The summed E-state index contributed by atoms with van der Waals surface area (Å²) in [6, 6.07) is 6.16. The van der Waals surface area contributed by atoms with E-state index in [4.69, 9.17) is 21.3 Å². The van der Waals surface area contributed by atoms with Crippen LogP contribution in [-0.4, -0.2) is 22.3 Å². The molecule has 1 aliphatic rings. The van der Waals surface area contributed by atoms with Crippen molar-refractivity contribution in [2.45, 2.75) is 44.2 Å². The number of nitrogens with zero attached hydrogens (tertiary/aromatic N) is 2. The van der Waals surface area contributed by atoms with Crippen molar-refractivity contribution >= 4 is 38.6 Å². The van der Waals surface area contributed by atoms with Crippen molar-refractivity contribution in [3.63, 3.8) is 0 Å². The van der Waals surface area contributed by atoms with Crippen LogP contribution >= 0.6 is 27.5 Å². The predicted octanol–water partition coefficient (Wildman–Crippen LogP) is 4.62. The average molecular weight is 358 g/mol. The summed E-state index contributed by atoms with van der Waals surface area (Å²) in [5, 5.41) is -0.134. The first-order valence-electron chi connectivity index (χ1n) is 6.87. The van der Waals surface area contributed by atoms with Crippen molar-refractivity contribution < 1.29 is 4.74 Å². The van der Waals surface area contributed by atoms with E-state index in [1.807, 2.05) is 19.1 Å². The molecule has 3 nitrogen and oxygen atoms in total. The van der Waals surface area contributed by atoms with Crippen molar-refractivity contribution in [1.82, 2.24) is 9.55 Å². The van der Waals surface area contributed by atoms with Gasteiger partial charge in [-0.15, -0.1) is 11.6 Å². The van der Waals surface area contributed by atoms with Crippen LogP contribution in [0, 0.1) is 0 Å². The van der Waals surface area contributed by atoms with Gasteiger partial charge >= 0.3 is 0 Å². The van der Waals surface area contributed by atoms with Crippen LogP contribution in [0.15, 0.2) is 22.7 Å². The molecule has 0 amide bonds. The van der Waals surface area contributed by atoms with Crippen molar-refractivity contribution in [2.75, 3.05) is 6.61 Å². The fraction of sp³-hybridized carbons (Fsp3) is 0.533. The third-order valence-corrected chi connectivity index (χ3v) is 5.05. The molecule has 108 valence electrons. The van der Waals surface area contributed by atoms with Crippen LogP contribution in [-0.2, 0) is 10.3 Å². The highest BCUT2D eigenvalue weighted by Crippen LogP contribution is 2.39. The quantitative estimate of drug-likeness (QED) is 0.733. The molecule has 3 atom stereocenters. The van der Waals surface area contributed by atoms with E-state index in [2.05, 4.69) is 40.4 Å². The summed E-state index contributed by atoms with van der Waals surface area (Å²) in [5.74, 6) is 0.916. The Bertz CT molecular complexity index is 655. The van der Waals surface area contributed by atoms with Crippen LogP contribution in [0.5, 0.6) is 0 Å². The molecule has 2 aromatic rings. The van der Waals surface area contributed by atoms with Crippen molar-refractivity contribution in [3.05, 3.63) is 28.5 Å². The lowest BCUT2D eigenvalue weighted by Crippen LogP contribution is -2.38. The minimum atomic E-state index is -0.134. The normalized spacial score (nSPS) is 28.1. The fourth-order valence-electron chi connectivity index (χ4n) is 2.99. The molecule has 1 aromatic carbocycles. The lowest BCUT2D eigenvalue weighted by atomic mass is 9.93. The maximum absolute atomic E-state index is 6.37. The van der Waals surface area contributed by atoms with E-state index < -0.39 is 0 Å². The number of ether oxygens (including phenoxy) is 1. The molecular weight excluding hydrogens is 340 g/mol. The second-order valence-electron chi connectivity index (χ2n) is 5.67. The number of fused-ring (bicyclic) bond motifs is 1. The zero-order chi connectivity index (χ0) is 14.5. The predicted molar refractivity (Wildman–Crippen MR) is 85.4 cm³/mol. The number of alkyl halides is 1. The smallest absolute Gasteiger partial charge is 0.128 e. The van der Waals surface area contributed by atoms with E-state index in [1.54, 1.807) is 0 Å². The van der Waals surface area contributed by atoms with Crippen LogP contribution in [0.1, 0.15) is 38.4 Å². The van der Waals surface area contributed by atoms with E-state index in [0.29, 0.717) is 0 Å². The van der Waals surface area contributed by atoms with Gasteiger partial charge in [-0.25, -0.2) is 4.98 Å². The Morgan fingerprint density at radius 1 is 1.55 bits per heavy atom. The Morgan fingerprint density at radius 2 is 2.30 bits per heavy atom. The first-order valence-corrected chi connectivity index (χ1v) is 8.10.